The first-order valence-electron chi connectivity index (χ1n) is 7.22. The van der Waals surface area contributed by atoms with Crippen LogP contribution in [0, 0.1) is 13.8 Å². The molecule has 0 unspecified atom stereocenters. The zero-order valence-corrected chi connectivity index (χ0v) is 12.7. The van der Waals surface area contributed by atoms with Crippen LogP contribution in [0.4, 0.5) is 0 Å². The third kappa shape index (κ3) is 2.93. The molecular weight excluding hydrogens is 272 g/mol. The van der Waals surface area contributed by atoms with E-state index in [9.17, 15) is 5.11 Å². The summed E-state index contributed by atoms with van der Waals surface area (Å²) < 4.78 is 1.83. The van der Waals surface area contributed by atoms with Gasteiger partial charge in [-0.1, -0.05) is 24.3 Å². The standard InChI is InChI=1S/C19H18N2O/c1-14-12-17(13-15(2)19(14)22)5-4-16-6-8-18(9-7-16)21-11-3-10-20-21/h3-13,22H,1-2H3/b5-4+. The minimum absolute atomic E-state index is 0.376. The third-order valence-corrected chi connectivity index (χ3v) is 3.64. The lowest BCUT2D eigenvalue weighted by Gasteiger charge is -2.05. The molecule has 110 valence electrons. The van der Waals surface area contributed by atoms with Crippen LogP contribution in [0.1, 0.15) is 22.3 Å². The fourth-order valence-electron chi connectivity index (χ4n) is 2.44. The molecule has 0 bridgehead atoms. The molecular formula is C19H18N2O. The normalized spacial score (nSPS) is 11.2. The topological polar surface area (TPSA) is 38.0 Å². The Balaban J connectivity index is 1.81. The summed E-state index contributed by atoms with van der Waals surface area (Å²) >= 11 is 0. The first-order valence-corrected chi connectivity index (χ1v) is 7.22. The molecule has 3 rings (SSSR count). The van der Waals surface area contributed by atoms with E-state index in [-0.39, 0.29) is 0 Å². The largest absolute Gasteiger partial charge is 0.507 e. The van der Waals surface area contributed by atoms with Crippen LogP contribution in [-0.2, 0) is 0 Å². The van der Waals surface area contributed by atoms with Crippen molar-refractivity contribution in [1.29, 1.82) is 0 Å². The summed E-state index contributed by atoms with van der Waals surface area (Å²) in [5.41, 5.74) is 5.05. The molecule has 3 heteroatoms. The summed E-state index contributed by atoms with van der Waals surface area (Å²) in [6, 6.07) is 14.1. The van der Waals surface area contributed by atoms with E-state index in [1.54, 1.807) is 6.20 Å². The van der Waals surface area contributed by atoms with E-state index in [2.05, 4.69) is 29.4 Å². The Labute approximate surface area is 130 Å². The van der Waals surface area contributed by atoms with Crippen molar-refractivity contribution in [3.8, 4) is 11.4 Å². The number of phenols is 1. The highest BCUT2D eigenvalue weighted by molar-refractivity contribution is 5.71. The predicted molar refractivity (Wildman–Crippen MR) is 90.1 cm³/mol. The molecule has 1 N–H and O–H groups in total. The van der Waals surface area contributed by atoms with Gasteiger partial charge in [0.15, 0.2) is 0 Å². The fourth-order valence-corrected chi connectivity index (χ4v) is 2.44. The SMILES string of the molecule is Cc1cc(/C=C/c2ccc(-n3cccn3)cc2)cc(C)c1O. The molecule has 0 radical (unpaired) electrons. The number of aromatic nitrogens is 2. The second kappa shape index (κ2) is 5.90. The maximum atomic E-state index is 9.80. The summed E-state index contributed by atoms with van der Waals surface area (Å²) in [4.78, 5) is 0. The van der Waals surface area contributed by atoms with Gasteiger partial charge in [0.05, 0.1) is 5.69 Å². The fraction of sp³-hybridized carbons (Fsp3) is 0.105. The number of aromatic hydroxyl groups is 1. The number of nitrogens with zero attached hydrogens (tertiary/aromatic N) is 2. The molecule has 22 heavy (non-hydrogen) atoms. The molecule has 0 spiro atoms. The van der Waals surface area contributed by atoms with Crippen molar-refractivity contribution < 1.29 is 5.11 Å². The van der Waals surface area contributed by atoms with Gasteiger partial charge in [0.25, 0.3) is 0 Å². The number of phenolic OH excluding ortho intramolecular Hbond substituents is 1. The van der Waals surface area contributed by atoms with Crippen molar-refractivity contribution in [3.05, 3.63) is 77.1 Å². The van der Waals surface area contributed by atoms with Crippen molar-refractivity contribution in [2.24, 2.45) is 0 Å². The van der Waals surface area contributed by atoms with Gasteiger partial charge in [-0.25, -0.2) is 4.68 Å². The monoisotopic (exact) mass is 290 g/mol. The lowest BCUT2D eigenvalue weighted by molar-refractivity contribution is 0.467. The molecule has 0 fully saturated rings. The first kappa shape index (κ1) is 14.1. The molecule has 1 aromatic heterocycles. The van der Waals surface area contributed by atoms with Gasteiger partial charge in [-0.2, -0.15) is 5.10 Å². The zero-order chi connectivity index (χ0) is 15.5. The maximum Gasteiger partial charge on any atom is 0.121 e. The molecule has 0 aliphatic rings. The maximum absolute atomic E-state index is 9.80. The van der Waals surface area contributed by atoms with Crippen molar-refractivity contribution in [2.75, 3.05) is 0 Å². The van der Waals surface area contributed by atoms with Gasteiger partial charge in [-0.3, -0.25) is 0 Å². The average molecular weight is 290 g/mol. The zero-order valence-electron chi connectivity index (χ0n) is 12.7. The molecule has 3 aromatic rings. The minimum atomic E-state index is 0.376. The van der Waals surface area contributed by atoms with Crippen molar-refractivity contribution >= 4 is 12.2 Å². The number of hydrogen-bond donors (Lipinski definition) is 1. The Morgan fingerprint density at radius 1 is 0.955 bits per heavy atom. The van der Waals surface area contributed by atoms with E-state index >= 15 is 0 Å². The van der Waals surface area contributed by atoms with E-state index in [0.717, 1.165) is 27.9 Å². The smallest absolute Gasteiger partial charge is 0.121 e. The predicted octanol–water partition coefficient (Wildman–Crippen LogP) is 4.37. The van der Waals surface area contributed by atoms with E-state index < -0.39 is 0 Å². The van der Waals surface area contributed by atoms with Gasteiger partial charge in [-0.15, -0.1) is 0 Å². The van der Waals surface area contributed by atoms with Gasteiger partial charge in [0.1, 0.15) is 5.75 Å². The average Bonchev–Trinajstić information content (AvgIpc) is 3.05. The van der Waals surface area contributed by atoms with Crippen LogP contribution in [-0.4, -0.2) is 14.9 Å². The molecule has 0 aliphatic heterocycles. The van der Waals surface area contributed by atoms with Gasteiger partial charge in [0, 0.05) is 12.4 Å². The number of rotatable bonds is 3. The van der Waals surface area contributed by atoms with Crippen LogP contribution in [0.2, 0.25) is 0 Å². The van der Waals surface area contributed by atoms with E-state index in [4.69, 9.17) is 0 Å². The number of benzene rings is 2. The molecule has 2 aromatic carbocycles. The van der Waals surface area contributed by atoms with E-state index in [1.807, 2.05) is 55.1 Å². The van der Waals surface area contributed by atoms with Crippen LogP contribution in [0.25, 0.3) is 17.8 Å². The molecule has 0 saturated carbocycles. The highest BCUT2D eigenvalue weighted by Crippen LogP contribution is 2.24. The van der Waals surface area contributed by atoms with Crippen molar-refractivity contribution in [1.82, 2.24) is 9.78 Å². The second-order valence-corrected chi connectivity index (χ2v) is 5.38. The highest BCUT2D eigenvalue weighted by atomic mass is 16.3. The summed E-state index contributed by atoms with van der Waals surface area (Å²) in [5, 5.41) is 14.0. The van der Waals surface area contributed by atoms with Gasteiger partial charge >= 0.3 is 0 Å². The Morgan fingerprint density at radius 3 is 2.18 bits per heavy atom. The van der Waals surface area contributed by atoms with E-state index in [0.29, 0.717) is 5.75 Å². The van der Waals surface area contributed by atoms with Crippen LogP contribution in [0.3, 0.4) is 0 Å². The first-order chi connectivity index (χ1) is 10.6. The molecule has 0 saturated heterocycles. The lowest BCUT2D eigenvalue weighted by Crippen LogP contribution is -1.93. The Bertz CT molecular complexity index is 777. The Morgan fingerprint density at radius 2 is 1.59 bits per heavy atom. The molecule has 3 nitrogen and oxygen atoms in total. The summed E-state index contributed by atoms with van der Waals surface area (Å²) in [6.45, 7) is 3.83. The summed E-state index contributed by atoms with van der Waals surface area (Å²) in [5.74, 6) is 0.376. The van der Waals surface area contributed by atoms with Crippen molar-refractivity contribution in [2.45, 2.75) is 13.8 Å². The van der Waals surface area contributed by atoms with Gasteiger partial charge < -0.3 is 5.11 Å². The highest BCUT2D eigenvalue weighted by Gasteiger charge is 2.01. The van der Waals surface area contributed by atoms with Crippen molar-refractivity contribution in [3.63, 3.8) is 0 Å². The lowest BCUT2D eigenvalue weighted by atomic mass is 10.0. The van der Waals surface area contributed by atoms with Crippen LogP contribution in [0.15, 0.2) is 54.9 Å². The quantitative estimate of drug-likeness (QED) is 0.728. The second-order valence-electron chi connectivity index (χ2n) is 5.38. The Hall–Kier alpha value is -2.81. The molecule has 0 aliphatic carbocycles. The van der Waals surface area contributed by atoms with Crippen LogP contribution < -0.4 is 0 Å². The number of aryl methyl sites for hydroxylation is 2. The third-order valence-electron chi connectivity index (χ3n) is 3.64. The number of hydrogen-bond acceptors (Lipinski definition) is 2. The Kier molecular flexibility index (Phi) is 3.79. The molecule has 0 atom stereocenters. The summed E-state index contributed by atoms with van der Waals surface area (Å²) in [7, 11) is 0. The molecule has 0 amide bonds. The van der Waals surface area contributed by atoms with Crippen LogP contribution >= 0.6 is 0 Å². The van der Waals surface area contributed by atoms with Gasteiger partial charge in [-0.05, 0) is 66.4 Å². The van der Waals surface area contributed by atoms with E-state index in [1.165, 1.54) is 0 Å². The van der Waals surface area contributed by atoms with Crippen LogP contribution in [0.5, 0.6) is 5.75 Å². The van der Waals surface area contributed by atoms with Gasteiger partial charge in [0.2, 0.25) is 0 Å². The summed E-state index contributed by atoms with van der Waals surface area (Å²) in [6.07, 6.45) is 7.82. The minimum Gasteiger partial charge on any atom is -0.507 e. The molecule has 1 heterocycles.